The zero-order valence-electron chi connectivity index (χ0n) is 8.80. The second-order valence-electron chi connectivity index (χ2n) is 3.54. The average Bonchev–Trinajstić information content (AvgIpc) is 2.30. The van der Waals surface area contributed by atoms with Gasteiger partial charge in [0.25, 0.3) is 0 Å². The molecule has 0 amide bonds. The first kappa shape index (κ1) is 10.8. The van der Waals surface area contributed by atoms with Crippen LogP contribution in [0.15, 0.2) is 12.5 Å². The number of carboxylic acids is 1. The molecule has 1 aromatic rings. The van der Waals surface area contributed by atoms with Crippen molar-refractivity contribution in [2.75, 3.05) is 31.2 Å². The smallest absolute Gasteiger partial charge is 0.308 e. The first-order valence-corrected chi connectivity index (χ1v) is 5.11. The van der Waals surface area contributed by atoms with Gasteiger partial charge in [-0.3, -0.25) is 4.79 Å². The van der Waals surface area contributed by atoms with E-state index in [0.29, 0.717) is 24.6 Å². The van der Waals surface area contributed by atoms with Gasteiger partial charge in [-0.1, -0.05) is 0 Å². The molecule has 1 saturated heterocycles. The predicted molar refractivity (Wildman–Crippen MR) is 56.4 cm³/mol. The summed E-state index contributed by atoms with van der Waals surface area (Å²) in [5.74, 6) is -0.162. The van der Waals surface area contributed by atoms with Crippen LogP contribution in [0.1, 0.15) is 5.56 Å². The summed E-state index contributed by atoms with van der Waals surface area (Å²) in [6, 6.07) is 0. The Labute approximate surface area is 92.9 Å². The van der Waals surface area contributed by atoms with Gasteiger partial charge in [0.15, 0.2) is 0 Å². The van der Waals surface area contributed by atoms with E-state index < -0.39 is 5.97 Å². The molecule has 1 fully saturated rings. The van der Waals surface area contributed by atoms with E-state index in [2.05, 4.69) is 9.97 Å². The maximum Gasteiger partial charge on any atom is 0.308 e. The van der Waals surface area contributed by atoms with Crippen molar-refractivity contribution in [1.29, 1.82) is 0 Å². The van der Waals surface area contributed by atoms with Gasteiger partial charge in [0.1, 0.15) is 12.1 Å². The van der Waals surface area contributed by atoms with Crippen molar-refractivity contribution < 1.29 is 14.6 Å². The number of carboxylic acid groups (broad SMARTS) is 1. The van der Waals surface area contributed by atoms with Gasteiger partial charge in [0.05, 0.1) is 19.6 Å². The van der Waals surface area contributed by atoms with Crippen LogP contribution in [0.3, 0.4) is 0 Å². The van der Waals surface area contributed by atoms with Crippen LogP contribution in [-0.4, -0.2) is 47.3 Å². The van der Waals surface area contributed by atoms with Crippen LogP contribution in [0.25, 0.3) is 0 Å². The first-order valence-electron chi connectivity index (χ1n) is 5.11. The summed E-state index contributed by atoms with van der Waals surface area (Å²) in [4.78, 5) is 20.7. The van der Waals surface area contributed by atoms with Crippen molar-refractivity contribution in [3.8, 4) is 0 Å². The summed E-state index contributed by atoms with van der Waals surface area (Å²) in [5.41, 5.74) is 0.650. The summed E-state index contributed by atoms with van der Waals surface area (Å²) in [6.07, 6.45) is 2.95. The Bertz CT molecular complexity index is 377. The van der Waals surface area contributed by atoms with Crippen LogP contribution in [0, 0.1) is 0 Å². The van der Waals surface area contributed by atoms with Gasteiger partial charge in [-0.15, -0.1) is 0 Å². The second-order valence-corrected chi connectivity index (χ2v) is 3.54. The number of aromatic nitrogens is 2. The van der Waals surface area contributed by atoms with Crippen LogP contribution < -0.4 is 4.90 Å². The van der Waals surface area contributed by atoms with E-state index in [1.165, 1.54) is 6.33 Å². The molecule has 0 radical (unpaired) electrons. The van der Waals surface area contributed by atoms with Gasteiger partial charge < -0.3 is 14.7 Å². The lowest BCUT2D eigenvalue weighted by atomic mass is 10.2. The lowest BCUT2D eigenvalue weighted by Gasteiger charge is -2.28. The van der Waals surface area contributed by atoms with Gasteiger partial charge in [-0.25, -0.2) is 9.97 Å². The highest BCUT2D eigenvalue weighted by Crippen LogP contribution is 2.17. The van der Waals surface area contributed by atoms with Crippen molar-refractivity contribution >= 4 is 11.8 Å². The normalized spacial score (nSPS) is 16.1. The second kappa shape index (κ2) is 4.89. The highest BCUT2D eigenvalue weighted by Gasteiger charge is 2.17. The summed E-state index contributed by atoms with van der Waals surface area (Å²) in [7, 11) is 0. The van der Waals surface area contributed by atoms with Crippen molar-refractivity contribution in [3.05, 3.63) is 18.1 Å². The molecule has 0 aliphatic carbocycles. The Balaban J connectivity index is 2.20. The SMILES string of the molecule is O=C(O)Cc1cncnc1N1CCOCC1. The number of morpholine rings is 1. The quantitative estimate of drug-likeness (QED) is 0.773. The highest BCUT2D eigenvalue weighted by atomic mass is 16.5. The molecule has 0 atom stereocenters. The standard InChI is InChI=1S/C10H13N3O3/c14-9(15)5-8-6-11-7-12-10(8)13-1-3-16-4-2-13/h6-7H,1-5H2,(H,14,15). The molecule has 0 unspecified atom stereocenters. The summed E-state index contributed by atoms with van der Waals surface area (Å²) in [5, 5.41) is 8.79. The summed E-state index contributed by atoms with van der Waals surface area (Å²) >= 11 is 0. The molecule has 16 heavy (non-hydrogen) atoms. The molecule has 1 aliphatic heterocycles. The van der Waals surface area contributed by atoms with Gasteiger partial charge >= 0.3 is 5.97 Å². The molecule has 0 aromatic carbocycles. The largest absolute Gasteiger partial charge is 0.481 e. The van der Waals surface area contributed by atoms with Crippen LogP contribution in [0.4, 0.5) is 5.82 Å². The maximum atomic E-state index is 10.7. The fraction of sp³-hybridized carbons (Fsp3) is 0.500. The number of nitrogens with zero attached hydrogens (tertiary/aromatic N) is 3. The zero-order valence-corrected chi connectivity index (χ0v) is 8.80. The minimum absolute atomic E-state index is 0.0481. The van der Waals surface area contributed by atoms with Crippen molar-refractivity contribution in [1.82, 2.24) is 9.97 Å². The number of hydrogen-bond donors (Lipinski definition) is 1. The number of rotatable bonds is 3. The van der Waals surface area contributed by atoms with Crippen LogP contribution >= 0.6 is 0 Å². The van der Waals surface area contributed by atoms with E-state index in [9.17, 15) is 4.79 Å². The van der Waals surface area contributed by atoms with Crippen LogP contribution in [0.5, 0.6) is 0 Å². The lowest BCUT2D eigenvalue weighted by molar-refractivity contribution is -0.136. The van der Waals surface area contributed by atoms with Crippen LogP contribution in [0.2, 0.25) is 0 Å². The topological polar surface area (TPSA) is 75.5 Å². The molecular weight excluding hydrogens is 210 g/mol. The molecule has 2 rings (SSSR count). The number of aliphatic carboxylic acids is 1. The van der Waals surface area contributed by atoms with Gasteiger partial charge in [0, 0.05) is 24.8 Å². The fourth-order valence-electron chi connectivity index (χ4n) is 1.70. The van der Waals surface area contributed by atoms with E-state index in [1.807, 2.05) is 4.90 Å². The maximum absolute atomic E-state index is 10.7. The molecule has 0 spiro atoms. The molecule has 6 heteroatoms. The van der Waals surface area contributed by atoms with Crippen molar-refractivity contribution in [2.45, 2.75) is 6.42 Å². The van der Waals surface area contributed by atoms with Gasteiger partial charge in [-0.05, 0) is 0 Å². The number of hydrogen-bond acceptors (Lipinski definition) is 5. The zero-order chi connectivity index (χ0) is 11.4. The lowest BCUT2D eigenvalue weighted by Crippen LogP contribution is -2.37. The van der Waals surface area contributed by atoms with Gasteiger partial charge in [-0.2, -0.15) is 0 Å². The molecule has 0 bridgehead atoms. The third-order valence-corrected chi connectivity index (χ3v) is 2.42. The van der Waals surface area contributed by atoms with E-state index >= 15 is 0 Å². The van der Waals surface area contributed by atoms with E-state index in [4.69, 9.17) is 9.84 Å². The third kappa shape index (κ3) is 2.46. The number of ether oxygens (including phenoxy) is 1. The molecule has 1 N–H and O–H groups in total. The van der Waals surface area contributed by atoms with Gasteiger partial charge in [0.2, 0.25) is 0 Å². The van der Waals surface area contributed by atoms with E-state index in [1.54, 1.807) is 6.20 Å². The molecule has 1 aromatic heterocycles. The number of carbonyl (C=O) groups is 1. The summed E-state index contributed by atoms with van der Waals surface area (Å²) in [6.45, 7) is 2.78. The van der Waals surface area contributed by atoms with Crippen molar-refractivity contribution in [3.63, 3.8) is 0 Å². The molecule has 86 valence electrons. The first-order chi connectivity index (χ1) is 7.77. The average molecular weight is 223 g/mol. The van der Waals surface area contributed by atoms with E-state index in [0.717, 1.165) is 13.1 Å². The Morgan fingerprint density at radius 1 is 1.50 bits per heavy atom. The molecule has 1 aliphatic rings. The molecule has 0 saturated carbocycles. The minimum atomic E-state index is -0.871. The third-order valence-electron chi connectivity index (χ3n) is 2.42. The van der Waals surface area contributed by atoms with E-state index in [-0.39, 0.29) is 6.42 Å². The Morgan fingerprint density at radius 2 is 2.25 bits per heavy atom. The fourth-order valence-corrected chi connectivity index (χ4v) is 1.70. The Kier molecular flexibility index (Phi) is 3.31. The summed E-state index contributed by atoms with van der Waals surface area (Å²) < 4.78 is 5.24. The molecule has 2 heterocycles. The minimum Gasteiger partial charge on any atom is -0.481 e. The predicted octanol–water partition coefficient (Wildman–Crippen LogP) is -0.0597. The molecular formula is C10H13N3O3. The Morgan fingerprint density at radius 3 is 2.94 bits per heavy atom. The van der Waals surface area contributed by atoms with Crippen LogP contribution in [-0.2, 0) is 16.0 Å². The monoisotopic (exact) mass is 223 g/mol. The van der Waals surface area contributed by atoms with Crippen molar-refractivity contribution in [2.24, 2.45) is 0 Å². The molecule has 6 nitrogen and oxygen atoms in total. The number of anilines is 1. The highest BCUT2D eigenvalue weighted by molar-refractivity contribution is 5.72. The Hall–Kier alpha value is -1.69.